The Morgan fingerprint density at radius 3 is 2.47 bits per heavy atom. The van der Waals surface area contributed by atoms with Crippen molar-refractivity contribution < 1.29 is 0 Å². The molecule has 1 heterocycles. The van der Waals surface area contributed by atoms with Gasteiger partial charge in [0.1, 0.15) is 12.2 Å². The Morgan fingerprint density at radius 1 is 1.47 bits per heavy atom. The summed E-state index contributed by atoms with van der Waals surface area (Å²) >= 11 is 0. The molecule has 2 atom stereocenters. The average molecular weight is 239 g/mol. The number of likely N-dealkylation sites (N-methyl/N-ethyl adjacent to an activating group) is 1. The first-order valence-electron chi connectivity index (χ1n) is 6.17. The first kappa shape index (κ1) is 14.1. The van der Waals surface area contributed by atoms with Crippen molar-refractivity contribution in [2.45, 2.75) is 51.7 Å². The topological polar surface area (TPSA) is 60.0 Å². The molecular weight excluding hydrogens is 214 g/mol. The molecule has 0 saturated carbocycles. The molecule has 0 aliphatic carbocycles. The van der Waals surface area contributed by atoms with Crippen molar-refractivity contribution in [3.05, 3.63) is 12.2 Å². The number of aromatic nitrogens is 3. The second kappa shape index (κ2) is 5.14. The molecule has 2 N–H and O–H groups in total. The second-order valence-corrected chi connectivity index (χ2v) is 5.24. The highest BCUT2D eigenvalue weighted by Gasteiger charge is 2.36. The zero-order valence-corrected chi connectivity index (χ0v) is 11.8. The summed E-state index contributed by atoms with van der Waals surface area (Å²) in [5.74, 6) is 0.859. The van der Waals surface area contributed by atoms with E-state index in [0.717, 1.165) is 12.2 Å². The minimum absolute atomic E-state index is 0.111. The normalized spacial score (nSPS) is 17.5. The van der Waals surface area contributed by atoms with Gasteiger partial charge in [-0.15, -0.1) is 0 Å². The molecule has 0 aromatic carbocycles. The lowest BCUT2D eigenvalue weighted by Crippen LogP contribution is -2.50. The molecule has 1 aromatic heterocycles. The number of nitrogens with zero attached hydrogens (tertiary/aromatic N) is 4. The SMILES string of the molecule is CCC(C)(C(N)c1ncnn1C(C)C)N(C)C. The fourth-order valence-corrected chi connectivity index (χ4v) is 1.97. The van der Waals surface area contributed by atoms with Crippen molar-refractivity contribution in [2.75, 3.05) is 14.1 Å². The summed E-state index contributed by atoms with van der Waals surface area (Å²) in [6.07, 6.45) is 2.55. The summed E-state index contributed by atoms with van der Waals surface area (Å²) in [4.78, 5) is 6.50. The van der Waals surface area contributed by atoms with Gasteiger partial charge in [-0.3, -0.25) is 0 Å². The van der Waals surface area contributed by atoms with Gasteiger partial charge < -0.3 is 10.6 Å². The molecule has 98 valence electrons. The van der Waals surface area contributed by atoms with Crippen LogP contribution in [-0.4, -0.2) is 39.3 Å². The summed E-state index contributed by atoms with van der Waals surface area (Å²) in [5, 5.41) is 4.25. The van der Waals surface area contributed by atoms with E-state index in [2.05, 4.69) is 56.8 Å². The highest BCUT2D eigenvalue weighted by atomic mass is 15.4. The molecule has 2 unspecified atom stereocenters. The maximum Gasteiger partial charge on any atom is 0.145 e. The average Bonchev–Trinajstić information content (AvgIpc) is 2.75. The second-order valence-electron chi connectivity index (χ2n) is 5.24. The molecule has 0 bridgehead atoms. The molecule has 1 rings (SSSR count). The minimum atomic E-state index is -0.146. The first-order valence-corrected chi connectivity index (χ1v) is 6.17. The number of hydrogen-bond acceptors (Lipinski definition) is 4. The molecule has 0 aliphatic heterocycles. The van der Waals surface area contributed by atoms with Gasteiger partial charge in [0.05, 0.1) is 6.04 Å². The van der Waals surface area contributed by atoms with Gasteiger partial charge in [0.2, 0.25) is 0 Å². The Hall–Kier alpha value is -0.940. The van der Waals surface area contributed by atoms with Crippen LogP contribution in [0.2, 0.25) is 0 Å². The number of rotatable bonds is 5. The van der Waals surface area contributed by atoms with Crippen LogP contribution in [0.15, 0.2) is 6.33 Å². The van der Waals surface area contributed by atoms with Crippen LogP contribution < -0.4 is 5.73 Å². The fourth-order valence-electron chi connectivity index (χ4n) is 1.97. The van der Waals surface area contributed by atoms with Crippen LogP contribution in [0, 0.1) is 0 Å². The summed E-state index contributed by atoms with van der Waals surface area (Å²) in [6, 6.07) is 0.134. The van der Waals surface area contributed by atoms with Crippen LogP contribution in [-0.2, 0) is 0 Å². The quantitative estimate of drug-likeness (QED) is 0.847. The van der Waals surface area contributed by atoms with Crippen molar-refractivity contribution in [1.82, 2.24) is 19.7 Å². The predicted octanol–water partition coefficient (Wildman–Crippen LogP) is 1.59. The third-order valence-electron chi connectivity index (χ3n) is 3.78. The van der Waals surface area contributed by atoms with E-state index in [4.69, 9.17) is 5.73 Å². The smallest absolute Gasteiger partial charge is 0.145 e. The van der Waals surface area contributed by atoms with Crippen molar-refractivity contribution in [1.29, 1.82) is 0 Å². The van der Waals surface area contributed by atoms with Crippen LogP contribution in [0.4, 0.5) is 0 Å². The predicted molar refractivity (Wildman–Crippen MR) is 69.7 cm³/mol. The van der Waals surface area contributed by atoms with Gasteiger partial charge in [0.15, 0.2) is 0 Å². The lowest BCUT2D eigenvalue weighted by atomic mass is 9.88. The summed E-state index contributed by atoms with van der Waals surface area (Å²) < 4.78 is 1.90. The van der Waals surface area contributed by atoms with Gasteiger partial charge in [0.25, 0.3) is 0 Å². The minimum Gasteiger partial charge on any atom is -0.320 e. The van der Waals surface area contributed by atoms with Gasteiger partial charge >= 0.3 is 0 Å². The zero-order valence-electron chi connectivity index (χ0n) is 11.8. The molecule has 0 spiro atoms. The molecule has 0 amide bonds. The lowest BCUT2D eigenvalue weighted by molar-refractivity contribution is 0.125. The monoisotopic (exact) mass is 239 g/mol. The molecular formula is C12H25N5. The van der Waals surface area contributed by atoms with Crippen LogP contribution in [0.25, 0.3) is 0 Å². The molecule has 0 fully saturated rings. The maximum absolute atomic E-state index is 6.40. The highest BCUT2D eigenvalue weighted by Crippen LogP contribution is 2.30. The summed E-state index contributed by atoms with van der Waals surface area (Å²) in [6.45, 7) is 8.49. The molecule has 17 heavy (non-hydrogen) atoms. The van der Waals surface area contributed by atoms with E-state index in [1.54, 1.807) is 6.33 Å². The van der Waals surface area contributed by atoms with E-state index >= 15 is 0 Å². The number of hydrogen-bond donors (Lipinski definition) is 1. The Labute approximate surface area is 104 Å². The van der Waals surface area contributed by atoms with Crippen molar-refractivity contribution in [3.63, 3.8) is 0 Å². The van der Waals surface area contributed by atoms with E-state index in [9.17, 15) is 0 Å². The third-order valence-corrected chi connectivity index (χ3v) is 3.78. The van der Waals surface area contributed by atoms with E-state index in [1.807, 2.05) is 4.68 Å². The first-order chi connectivity index (χ1) is 7.84. The Balaban J connectivity index is 3.10. The van der Waals surface area contributed by atoms with Gasteiger partial charge in [-0.25, -0.2) is 9.67 Å². The van der Waals surface area contributed by atoms with E-state index in [1.165, 1.54) is 0 Å². The van der Waals surface area contributed by atoms with Gasteiger partial charge in [-0.05, 0) is 41.3 Å². The van der Waals surface area contributed by atoms with Crippen LogP contribution in [0.3, 0.4) is 0 Å². The molecule has 5 nitrogen and oxygen atoms in total. The van der Waals surface area contributed by atoms with Crippen LogP contribution in [0.5, 0.6) is 0 Å². The maximum atomic E-state index is 6.40. The van der Waals surface area contributed by atoms with Crippen LogP contribution in [0.1, 0.15) is 52.0 Å². The van der Waals surface area contributed by atoms with Crippen molar-refractivity contribution in [2.24, 2.45) is 5.73 Å². The Bertz CT molecular complexity index is 358. The fraction of sp³-hybridized carbons (Fsp3) is 0.833. The summed E-state index contributed by atoms with van der Waals surface area (Å²) in [7, 11) is 4.11. The van der Waals surface area contributed by atoms with Crippen LogP contribution >= 0.6 is 0 Å². The molecule has 5 heteroatoms. The van der Waals surface area contributed by atoms with E-state index in [0.29, 0.717) is 0 Å². The zero-order chi connectivity index (χ0) is 13.2. The van der Waals surface area contributed by atoms with Gasteiger partial charge in [-0.2, -0.15) is 5.10 Å². The molecule has 1 aromatic rings. The van der Waals surface area contributed by atoms with E-state index < -0.39 is 0 Å². The van der Waals surface area contributed by atoms with E-state index in [-0.39, 0.29) is 17.6 Å². The molecule has 0 radical (unpaired) electrons. The Morgan fingerprint density at radius 2 is 2.06 bits per heavy atom. The molecule has 0 saturated heterocycles. The Kier molecular flexibility index (Phi) is 4.27. The largest absolute Gasteiger partial charge is 0.320 e. The highest BCUT2D eigenvalue weighted by molar-refractivity contribution is 5.05. The van der Waals surface area contributed by atoms with Gasteiger partial charge in [0, 0.05) is 11.6 Å². The summed E-state index contributed by atoms with van der Waals surface area (Å²) in [5.41, 5.74) is 6.29. The standard InChI is InChI=1S/C12H25N5/c1-7-12(4,16(5)6)10(13)11-14-8-15-17(11)9(2)3/h8-10H,7,13H2,1-6H3. The number of nitrogens with two attached hydrogens (primary N) is 1. The van der Waals surface area contributed by atoms with Crippen molar-refractivity contribution in [3.8, 4) is 0 Å². The molecule has 0 aliphatic rings. The lowest BCUT2D eigenvalue weighted by Gasteiger charge is -2.40. The third kappa shape index (κ3) is 2.50. The van der Waals surface area contributed by atoms with Gasteiger partial charge in [-0.1, -0.05) is 6.92 Å². The van der Waals surface area contributed by atoms with Crippen molar-refractivity contribution >= 4 is 0 Å².